The molecule has 0 saturated heterocycles. The highest BCUT2D eigenvalue weighted by Gasteiger charge is 2.47. The highest BCUT2D eigenvalue weighted by Crippen LogP contribution is 2.47. The van der Waals surface area contributed by atoms with Crippen molar-refractivity contribution < 1.29 is 14.3 Å². The monoisotopic (exact) mass is 503 g/mol. The topological polar surface area (TPSA) is 79.0 Å². The average molecular weight is 504 g/mol. The summed E-state index contributed by atoms with van der Waals surface area (Å²) in [6.45, 7) is 12.1. The van der Waals surface area contributed by atoms with Crippen LogP contribution in [0.2, 0.25) is 0 Å². The first-order chi connectivity index (χ1) is 18.0. The summed E-state index contributed by atoms with van der Waals surface area (Å²) < 4.78 is 12.0. The average Bonchev–Trinajstić information content (AvgIpc) is 2.95. The van der Waals surface area contributed by atoms with Crippen LogP contribution < -0.4 is 30.1 Å². The van der Waals surface area contributed by atoms with Crippen LogP contribution in [-0.4, -0.2) is 51.3 Å². The van der Waals surface area contributed by atoms with E-state index in [4.69, 9.17) is 9.47 Å². The molecule has 0 radical (unpaired) electrons. The minimum Gasteiger partial charge on any atom is -0.496 e. The number of carbonyl (C=O) groups is 1. The predicted octanol–water partition coefficient (Wildman–Crippen LogP) is 4.33. The Bertz CT molecular complexity index is 1190. The highest BCUT2D eigenvalue weighted by molar-refractivity contribution is 5.96. The van der Waals surface area contributed by atoms with Crippen LogP contribution >= 0.6 is 0 Å². The number of methoxy groups -OCH3 is 2. The normalized spacial score (nSPS) is 13.9. The van der Waals surface area contributed by atoms with Crippen LogP contribution in [0.1, 0.15) is 54.9 Å². The van der Waals surface area contributed by atoms with Gasteiger partial charge < -0.3 is 19.3 Å². The second-order valence-corrected chi connectivity index (χ2v) is 8.84. The molecular weight excluding hydrogens is 466 g/mol. The van der Waals surface area contributed by atoms with Gasteiger partial charge in [-0.3, -0.25) is 15.2 Å². The number of amides is 1. The first-order valence-electron chi connectivity index (χ1n) is 12.9. The molecule has 0 aliphatic carbocycles. The zero-order valence-corrected chi connectivity index (χ0v) is 22.6. The van der Waals surface area contributed by atoms with Crippen molar-refractivity contribution in [3.63, 3.8) is 0 Å². The molecule has 3 aromatic rings. The summed E-state index contributed by atoms with van der Waals surface area (Å²) in [6, 6.07) is 16.2. The van der Waals surface area contributed by atoms with Crippen molar-refractivity contribution in [3.8, 4) is 11.5 Å². The Morgan fingerprint density at radius 2 is 1.30 bits per heavy atom. The molecule has 0 unspecified atom stereocenters. The Balaban J connectivity index is 2.04. The molecule has 1 aliphatic rings. The minimum absolute atomic E-state index is 0.288. The SMILES string of the molecule is CCN(CC)c1ccc(C2(c3ccc(N(CC)CC)cc3OC)NNC(=O)c3ncccc32)c(OC)c1. The second kappa shape index (κ2) is 11.1. The fourth-order valence-electron chi connectivity index (χ4n) is 5.29. The standard InChI is InChI=1S/C29H37N5O3/c1-7-33(8-2)20-13-15-22(25(18-20)36-5)29(24-12-11-17-30-27(24)28(35)31-32-29)23-16-14-21(19-26(23)37-6)34(9-3)10-4/h11-19,32H,7-10H2,1-6H3,(H,31,35). The molecular formula is C29H37N5O3. The number of hydrogen-bond acceptors (Lipinski definition) is 7. The first-order valence-corrected chi connectivity index (χ1v) is 12.9. The van der Waals surface area contributed by atoms with Crippen molar-refractivity contribution in [2.45, 2.75) is 33.2 Å². The van der Waals surface area contributed by atoms with Crippen molar-refractivity contribution in [1.29, 1.82) is 0 Å². The fourth-order valence-corrected chi connectivity index (χ4v) is 5.29. The molecule has 8 heteroatoms. The molecule has 0 saturated carbocycles. The van der Waals surface area contributed by atoms with Gasteiger partial charge in [0, 0.05) is 72.6 Å². The van der Waals surface area contributed by atoms with Gasteiger partial charge in [-0.2, -0.15) is 0 Å². The third kappa shape index (κ3) is 4.46. The maximum Gasteiger partial charge on any atom is 0.284 e. The molecule has 8 nitrogen and oxygen atoms in total. The van der Waals surface area contributed by atoms with Gasteiger partial charge in [0.25, 0.3) is 5.91 Å². The third-order valence-corrected chi connectivity index (χ3v) is 7.23. The van der Waals surface area contributed by atoms with Crippen LogP contribution in [0.25, 0.3) is 0 Å². The van der Waals surface area contributed by atoms with E-state index in [-0.39, 0.29) is 5.91 Å². The summed E-state index contributed by atoms with van der Waals surface area (Å²) in [5, 5.41) is 0. The number of benzene rings is 2. The number of nitrogens with one attached hydrogen (secondary N) is 2. The number of nitrogens with zero attached hydrogens (tertiary/aromatic N) is 3. The second-order valence-electron chi connectivity index (χ2n) is 8.84. The summed E-state index contributed by atoms with van der Waals surface area (Å²) in [5.41, 5.74) is 10.1. The molecule has 0 spiro atoms. The smallest absolute Gasteiger partial charge is 0.284 e. The quantitative estimate of drug-likeness (QED) is 0.426. The Labute approximate surface area is 219 Å². The molecule has 196 valence electrons. The molecule has 2 N–H and O–H groups in total. The number of fused-ring (bicyclic) bond motifs is 1. The molecule has 0 atom stereocenters. The Hall–Kier alpha value is -3.78. The molecule has 4 rings (SSSR count). The summed E-state index contributed by atoms with van der Waals surface area (Å²) in [6.07, 6.45) is 1.63. The van der Waals surface area contributed by atoms with Crippen LogP contribution in [0.5, 0.6) is 11.5 Å². The number of rotatable bonds is 10. The minimum atomic E-state index is -1.02. The van der Waals surface area contributed by atoms with Gasteiger partial charge in [0.2, 0.25) is 0 Å². The maximum absolute atomic E-state index is 12.9. The maximum atomic E-state index is 12.9. The lowest BCUT2D eigenvalue weighted by Gasteiger charge is -2.41. The van der Waals surface area contributed by atoms with Gasteiger partial charge in [-0.25, -0.2) is 5.43 Å². The van der Waals surface area contributed by atoms with E-state index in [0.717, 1.165) is 54.2 Å². The van der Waals surface area contributed by atoms with Gasteiger partial charge in [0.1, 0.15) is 22.7 Å². The van der Waals surface area contributed by atoms with E-state index in [1.807, 2.05) is 12.1 Å². The molecule has 0 bridgehead atoms. The summed E-state index contributed by atoms with van der Waals surface area (Å²) >= 11 is 0. The van der Waals surface area contributed by atoms with E-state index in [1.165, 1.54) is 0 Å². The van der Waals surface area contributed by atoms with Crippen LogP contribution in [0.15, 0.2) is 54.7 Å². The first kappa shape index (κ1) is 26.3. The number of aromatic nitrogens is 1. The predicted molar refractivity (Wildman–Crippen MR) is 148 cm³/mol. The number of hydrazine groups is 1. The molecule has 1 aromatic heterocycles. The number of carbonyl (C=O) groups excluding carboxylic acids is 1. The summed E-state index contributed by atoms with van der Waals surface area (Å²) in [4.78, 5) is 21.9. The van der Waals surface area contributed by atoms with E-state index < -0.39 is 5.54 Å². The lowest BCUT2D eigenvalue weighted by Crippen LogP contribution is -2.58. The van der Waals surface area contributed by atoms with Gasteiger partial charge >= 0.3 is 0 Å². The van der Waals surface area contributed by atoms with Crippen LogP contribution in [0.3, 0.4) is 0 Å². The number of anilines is 2. The molecule has 0 fully saturated rings. The van der Waals surface area contributed by atoms with E-state index in [1.54, 1.807) is 20.4 Å². The van der Waals surface area contributed by atoms with E-state index in [9.17, 15) is 4.79 Å². The van der Waals surface area contributed by atoms with Gasteiger partial charge in [-0.05, 0) is 45.9 Å². The lowest BCUT2D eigenvalue weighted by atomic mass is 9.74. The molecule has 37 heavy (non-hydrogen) atoms. The number of pyridine rings is 1. The van der Waals surface area contributed by atoms with Crippen LogP contribution in [-0.2, 0) is 5.54 Å². The highest BCUT2D eigenvalue weighted by atomic mass is 16.5. The molecule has 1 aliphatic heterocycles. The van der Waals surface area contributed by atoms with Crippen LogP contribution in [0, 0.1) is 0 Å². The zero-order chi connectivity index (χ0) is 26.6. The van der Waals surface area contributed by atoms with Crippen molar-refractivity contribution in [1.82, 2.24) is 15.8 Å². The summed E-state index contributed by atoms with van der Waals surface area (Å²) in [5.74, 6) is 1.10. The molecule has 2 heterocycles. The number of ether oxygens (including phenoxy) is 2. The van der Waals surface area contributed by atoms with Crippen LogP contribution in [0.4, 0.5) is 11.4 Å². The molecule has 1 amide bonds. The van der Waals surface area contributed by atoms with Crippen molar-refractivity contribution in [3.05, 3.63) is 77.1 Å². The van der Waals surface area contributed by atoms with E-state index in [0.29, 0.717) is 17.2 Å². The van der Waals surface area contributed by atoms with Gasteiger partial charge in [-0.15, -0.1) is 0 Å². The third-order valence-electron chi connectivity index (χ3n) is 7.23. The van der Waals surface area contributed by atoms with Gasteiger partial charge in [0.05, 0.1) is 14.2 Å². The fraction of sp³-hybridized carbons (Fsp3) is 0.379. The van der Waals surface area contributed by atoms with Gasteiger partial charge in [0.15, 0.2) is 0 Å². The Kier molecular flexibility index (Phi) is 7.88. The van der Waals surface area contributed by atoms with Gasteiger partial charge in [-0.1, -0.05) is 18.2 Å². The number of hydrogen-bond donors (Lipinski definition) is 2. The Morgan fingerprint density at radius 3 is 1.76 bits per heavy atom. The zero-order valence-electron chi connectivity index (χ0n) is 22.6. The molecule has 2 aromatic carbocycles. The van der Waals surface area contributed by atoms with E-state index in [2.05, 4.69) is 89.7 Å². The summed E-state index contributed by atoms with van der Waals surface area (Å²) in [7, 11) is 3.34. The lowest BCUT2D eigenvalue weighted by molar-refractivity contribution is 0.0889. The Morgan fingerprint density at radius 1 is 0.784 bits per heavy atom. The van der Waals surface area contributed by atoms with E-state index >= 15 is 0 Å². The van der Waals surface area contributed by atoms with Crippen molar-refractivity contribution in [2.24, 2.45) is 0 Å². The van der Waals surface area contributed by atoms with Crippen molar-refractivity contribution >= 4 is 17.3 Å². The van der Waals surface area contributed by atoms with Crippen molar-refractivity contribution in [2.75, 3.05) is 50.2 Å². The largest absolute Gasteiger partial charge is 0.496 e.